The third-order valence-electron chi connectivity index (χ3n) is 3.90. The van der Waals surface area contributed by atoms with Crippen molar-refractivity contribution in [2.45, 2.75) is 32.6 Å². The molecule has 0 bridgehead atoms. The number of rotatable bonds is 5. The highest BCUT2D eigenvalue weighted by molar-refractivity contribution is 5.85. The van der Waals surface area contributed by atoms with Crippen LogP contribution in [0.5, 0.6) is 0 Å². The number of benzene rings is 2. The quantitative estimate of drug-likeness (QED) is 0.821. The van der Waals surface area contributed by atoms with Crippen LogP contribution in [0.25, 0.3) is 0 Å². The van der Waals surface area contributed by atoms with Gasteiger partial charge in [-0.15, -0.1) is 12.4 Å². The summed E-state index contributed by atoms with van der Waals surface area (Å²) in [5.74, 6) is 0.0324. The fourth-order valence-corrected chi connectivity index (χ4v) is 2.31. The molecule has 3 N–H and O–H groups in total. The number of hydrogen-bond acceptors (Lipinski definition) is 2. The minimum absolute atomic E-state index is 0. The summed E-state index contributed by atoms with van der Waals surface area (Å²) < 4.78 is 0. The molecule has 0 spiro atoms. The lowest BCUT2D eigenvalue weighted by Gasteiger charge is -2.26. The van der Waals surface area contributed by atoms with E-state index in [1.54, 1.807) is 0 Å². The Kier molecular flexibility index (Phi) is 6.64. The maximum Gasteiger partial charge on any atom is 0.224 e. The summed E-state index contributed by atoms with van der Waals surface area (Å²) in [6, 6.07) is 15.9. The lowest BCUT2D eigenvalue weighted by molar-refractivity contribution is -0.120. The molecule has 0 aliphatic carbocycles. The van der Waals surface area contributed by atoms with E-state index in [2.05, 4.69) is 50.4 Å². The van der Waals surface area contributed by atoms with Crippen molar-refractivity contribution < 1.29 is 4.79 Å². The van der Waals surface area contributed by atoms with E-state index < -0.39 is 0 Å². The number of hydrogen-bond donors (Lipinski definition) is 2. The maximum absolute atomic E-state index is 12.1. The molecule has 3 nitrogen and oxygen atoms in total. The van der Waals surface area contributed by atoms with Crippen LogP contribution in [0.1, 0.15) is 30.5 Å². The zero-order valence-corrected chi connectivity index (χ0v) is 14.7. The Balaban J connectivity index is 0.00000264. The Morgan fingerprint density at radius 2 is 1.61 bits per heavy atom. The summed E-state index contributed by atoms with van der Waals surface area (Å²) >= 11 is 0. The molecule has 0 fully saturated rings. The van der Waals surface area contributed by atoms with E-state index in [4.69, 9.17) is 5.73 Å². The fraction of sp³-hybridized carbons (Fsp3) is 0.316. The summed E-state index contributed by atoms with van der Waals surface area (Å²) in [7, 11) is 0. The van der Waals surface area contributed by atoms with Crippen LogP contribution in [0, 0.1) is 6.92 Å². The van der Waals surface area contributed by atoms with E-state index in [9.17, 15) is 4.79 Å². The van der Waals surface area contributed by atoms with Crippen LogP contribution in [0.4, 0.5) is 5.69 Å². The number of anilines is 1. The van der Waals surface area contributed by atoms with Crippen molar-refractivity contribution in [1.29, 1.82) is 0 Å². The van der Waals surface area contributed by atoms with Gasteiger partial charge in [0.2, 0.25) is 5.91 Å². The molecule has 0 atom stereocenters. The highest BCUT2D eigenvalue weighted by atomic mass is 35.5. The highest BCUT2D eigenvalue weighted by Gasteiger charge is 2.21. The summed E-state index contributed by atoms with van der Waals surface area (Å²) in [6.45, 7) is 6.97. The van der Waals surface area contributed by atoms with E-state index in [0.29, 0.717) is 18.7 Å². The first kappa shape index (κ1) is 19.0. The second kappa shape index (κ2) is 8.02. The molecular weight excluding hydrogens is 308 g/mol. The summed E-state index contributed by atoms with van der Waals surface area (Å²) in [5.41, 5.74) is 9.71. The van der Waals surface area contributed by atoms with Gasteiger partial charge in [0.05, 0.1) is 6.42 Å². The predicted octanol–water partition coefficient (Wildman–Crippen LogP) is 3.64. The first-order valence-electron chi connectivity index (χ1n) is 7.55. The number of amides is 1. The van der Waals surface area contributed by atoms with Gasteiger partial charge in [-0.05, 0) is 30.2 Å². The first-order valence-corrected chi connectivity index (χ1v) is 7.55. The number of halogens is 1. The second-order valence-electron chi connectivity index (χ2n) is 6.44. The molecule has 124 valence electrons. The lowest BCUT2D eigenvalue weighted by Crippen LogP contribution is -2.37. The van der Waals surface area contributed by atoms with Gasteiger partial charge in [0, 0.05) is 17.6 Å². The van der Waals surface area contributed by atoms with E-state index in [-0.39, 0.29) is 23.7 Å². The molecule has 2 aromatic carbocycles. The smallest absolute Gasteiger partial charge is 0.224 e. The SMILES string of the molecule is Cc1ccc(C(C)(C)CNC(=O)Cc2ccc(N)cc2)cc1.Cl. The van der Waals surface area contributed by atoms with Gasteiger partial charge in [0.1, 0.15) is 0 Å². The van der Waals surface area contributed by atoms with Crippen molar-refractivity contribution in [3.63, 3.8) is 0 Å². The largest absolute Gasteiger partial charge is 0.399 e. The number of nitrogens with one attached hydrogen (secondary N) is 1. The molecule has 0 unspecified atom stereocenters. The lowest BCUT2D eigenvalue weighted by atomic mass is 9.84. The number of carbonyl (C=O) groups is 1. The molecule has 0 heterocycles. The molecule has 1 amide bonds. The highest BCUT2D eigenvalue weighted by Crippen LogP contribution is 2.22. The average Bonchev–Trinajstić information content (AvgIpc) is 2.48. The monoisotopic (exact) mass is 332 g/mol. The Morgan fingerprint density at radius 3 is 2.17 bits per heavy atom. The zero-order chi connectivity index (χ0) is 16.2. The van der Waals surface area contributed by atoms with Crippen LogP contribution in [-0.4, -0.2) is 12.5 Å². The van der Waals surface area contributed by atoms with Gasteiger partial charge in [0.15, 0.2) is 0 Å². The van der Waals surface area contributed by atoms with Gasteiger partial charge in [0.25, 0.3) is 0 Å². The third kappa shape index (κ3) is 5.61. The second-order valence-corrected chi connectivity index (χ2v) is 6.44. The molecule has 23 heavy (non-hydrogen) atoms. The Bertz CT molecular complexity index is 633. The fourth-order valence-electron chi connectivity index (χ4n) is 2.31. The molecule has 0 saturated heterocycles. The van der Waals surface area contributed by atoms with Crippen LogP contribution in [0.15, 0.2) is 48.5 Å². The van der Waals surface area contributed by atoms with Crippen LogP contribution in [0.2, 0.25) is 0 Å². The standard InChI is InChI=1S/C19H24N2O.ClH/c1-14-4-8-16(9-5-14)19(2,3)13-21-18(22)12-15-6-10-17(20)11-7-15;/h4-11H,12-13,20H2,1-3H3,(H,21,22);1H. The number of nitrogen functional groups attached to an aromatic ring is 1. The van der Waals surface area contributed by atoms with Gasteiger partial charge in [-0.1, -0.05) is 55.8 Å². The predicted molar refractivity (Wildman–Crippen MR) is 99.0 cm³/mol. The van der Waals surface area contributed by atoms with E-state index >= 15 is 0 Å². The van der Waals surface area contributed by atoms with Gasteiger partial charge < -0.3 is 11.1 Å². The third-order valence-corrected chi connectivity index (χ3v) is 3.90. The topological polar surface area (TPSA) is 55.1 Å². The molecule has 0 aromatic heterocycles. The summed E-state index contributed by atoms with van der Waals surface area (Å²) in [5, 5.41) is 3.03. The molecule has 0 aliphatic rings. The number of carbonyl (C=O) groups excluding carboxylic acids is 1. The van der Waals surface area contributed by atoms with Crippen LogP contribution in [-0.2, 0) is 16.6 Å². The molecule has 0 radical (unpaired) electrons. The molecular formula is C19H25ClN2O. The Labute approximate surface area is 144 Å². The number of aryl methyl sites for hydroxylation is 1. The molecule has 4 heteroatoms. The van der Waals surface area contributed by atoms with Gasteiger partial charge in [-0.3, -0.25) is 4.79 Å². The van der Waals surface area contributed by atoms with Crippen LogP contribution < -0.4 is 11.1 Å². The Morgan fingerprint density at radius 1 is 1.04 bits per heavy atom. The minimum atomic E-state index is -0.0928. The first-order chi connectivity index (χ1) is 10.4. The van der Waals surface area contributed by atoms with Crippen molar-refractivity contribution in [3.05, 3.63) is 65.2 Å². The van der Waals surface area contributed by atoms with Gasteiger partial charge >= 0.3 is 0 Å². The normalized spacial score (nSPS) is 10.7. The van der Waals surface area contributed by atoms with E-state index in [0.717, 1.165) is 5.56 Å². The van der Waals surface area contributed by atoms with E-state index in [1.165, 1.54) is 11.1 Å². The van der Waals surface area contributed by atoms with Crippen molar-refractivity contribution in [1.82, 2.24) is 5.32 Å². The van der Waals surface area contributed by atoms with Crippen molar-refractivity contribution in [3.8, 4) is 0 Å². The van der Waals surface area contributed by atoms with Crippen molar-refractivity contribution in [2.75, 3.05) is 12.3 Å². The van der Waals surface area contributed by atoms with Gasteiger partial charge in [-0.2, -0.15) is 0 Å². The van der Waals surface area contributed by atoms with Gasteiger partial charge in [-0.25, -0.2) is 0 Å². The molecule has 0 aliphatic heterocycles. The molecule has 2 aromatic rings. The maximum atomic E-state index is 12.1. The van der Waals surface area contributed by atoms with E-state index in [1.807, 2.05) is 24.3 Å². The van der Waals surface area contributed by atoms with Crippen molar-refractivity contribution >= 4 is 24.0 Å². The van der Waals surface area contributed by atoms with Crippen LogP contribution in [0.3, 0.4) is 0 Å². The summed E-state index contributed by atoms with van der Waals surface area (Å²) in [6.07, 6.45) is 0.379. The molecule has 2 rings (SSSR count). The average molecular weight is 333 g/mol. The van der Waals surface area contributed by atoms with Crippen LogP contribution >= 0.6 is 12.4 Å². The Hall–Kier alpha value is -2.00. The number of nitrogens with two attached hydrogens (primary N) is 1. The molecule has 0 saturated carbocycles. The minimum Gasteiger partial charge on any atom is -0.399 e. The zero-order valence-electron chi connectivity index (χ0n) is 13.9. The summed E-state index contributed by atoms with van der Waals surface area (Å²) in [4.78, 5) is 12.1. The van der Waals surface area contributed by atoms with Crippen molar-refractivity contribution in [2.24, 2.45) is 0 Å².